The standard InChI is InChI=1S/C53H74N2O2/c1-6-7-8-9-10-11-12-13-14-15-16-19-42-24-26-43(27-25-42)44-28-30-53(31-29-44,45-32-38(2)51(39(3)33-45)56-49-22-17-20-47(54)36-49)46-34-40(4)52(41(5)35-46)57-50-23-18-21-48(55)37-50/h17-18,20-23,32-37,42-44H,6-16,19,24-31,54-55H2,1-5H3. The maximum atomic E-state index is 6.48. The fourth-order valence-corrected chi connectivity index (χ4v) is 10.6. The molecule has 0 unspecified atom stereocenters. The minimum Gasteiger partial charge on any atom is -0.457 e. The number of nitrogens with two attached hydrogens (primary N) is 2. The summed E-state index contributed by atoms with van der Waals surface area (Å²) in [5.74, 6) is 6.07. The highest BCUT2D eigenvalue weighted by Gasteiger charge is 2.42. The van der Waals surface area contributed by atoms with Gasteiger partial charge in [-0.25, -0.2) is 0 Å². The second kappa shape index (κ2) is 20.7. The first kappa shape index (κ1) is 42.7. The summed E-state index contributed by atoms with van der Waals surface area (Å²) in [7, 11) is 0. The Morgan fingerprint density at radius 1 is 0.509 bits per heavy atom. The zero-order valence-corrected chi connectivity index (χ0v) is 36.3. The first-order valence-electron chi connectivity index (χ1n) is 23.0. The third kappa shape index (κ3) is 11.4. The van der Waals surface area contributed by atoms with Crippen LogP contribution >= 0.6 is 0 Å². The van der Waals surface area contributed by atoms with Crippen molar-refractivity contribution in [1.29, 1.82) is 0 Å². The van der Waals surface area contributed by atoms with Crippen LogP contribution in [0.5, 0.6) is 23.0 Å². The van der Waals surface area contributed by atoms with Gasteiger partial charge >= 0.3 is 0 Å². The van der Waals surface area contributed by atoms with E-state index < -0.39 is 0 Å². The predicted octanol–water partition coefficient (Wildman–Crippen LogP) is 15.7. The Balaban J connectivity index is 1.11. The number of rotatable bonds is 19. The first-order chi connectivity index (χ1) is 27.6. The monoisotopic (exact) mass is 771 g/mol. The van der Waals surface area contributed by atoms with Crippen LogP contribution in [0.4, 0.5) is 11.4 Å². The molecule has 4 aromatic rings. The molecule has 0 amide bonds. The lowest BCUT2D eigenvalue weighted by Crippen LogP contribution is -2.36. The van der Waals surface area contributed by atoms with E-state index in [-0.39, 0.29) is 5.41 Å². The van der Waals surface area contributed by atoms with E-state index in [0.29, 0.717) is 11.4 Å². The van der Waals surface area contributed by atoms with Gasteiger partial charge in [0.25, 0.3) is 0 Å². The van der Waals surface area contributed by atoms with Crippen molar-refractivity contribution < 1.29 is 9.47 Å². The fraction of sp³-hybridized carbons (Fsp3) is 0.547. The van der Waals surface area contributed by atoms with Gasteiger partial charge in [0, 0.05) is 28.9 Å². The van der Waals surface area contributed by atoms with E-state index in [1.165, 1.54) is 162 Å². The van der Waals surface area contributed by atoms with E-state index in [4.69, 9.17) is 20.9 Å². The van der Waals surface area contributed by atoms with Crippen molar-refractivity contribution in [2.75, 3.05) is 11.5 Å². The Morgan fingerprint density at radius 2 is 0.912 bits per heavy atom. The molecule has 2 aliphatic rings. The van der Waals surface area contributed by atoms with Crippen molar-refractivity contribution in [3.05, 3.63) is 106 Å². The number of unbranched alkanes of at least 4 members (excludes halogenated alkanes) is 10. The Hall–Kier alpha value is -3.92. The highest BCUT2D eigenvalue weighted by molar-refractivity contribution is 5.55. The lowest BCUT2D eigenvalue weighted by atomic mass is 9.59. The zero-order valence-electron chi connectivity index (χ0n) is 36.3. The summed E-state index contributed by atoms with van der Waals surface area (Å²) in [6.07, 6.45) is 27.9. The van der Waals surface area contributed by atoms with Crippen LogP contribution in [0.3, 0.4) is 0 Å². The molecule has 0 saturated heterocycles. The van der Waals surface area contributed by atoms with Gasteiger partial charge in [-0.3, -0.25) is 0 Å². The molecule has 0 radical (unpaired) electrons. The number of ether oxygens (including phenoxy) is 2. The van der Waals surface area contributed by atoms with Crippen molar-refractivity contribution >= 4 is 11.4 Å². The van der Waals surface area contributed by atoms with Crippen LogP contribution in [0.15, 0.2) is 72.8 Å². The summed E-state index contributed by atoms with van der Waals surface area (Å²) >= 11 is 0. The molecule has 0 heterocycles. The fourth-order valence-electron chi connectivity index (χ4n) is 10.6. The maximum Gasteiger partial charge on any atom is 0.133 e. The smallest absolute Gasteiger partial charge is 0.133 e. The Kier molecular flexibility index (Phi) is 15.5. The lowest BCUT2D eigenvalue weighted by Gasteiger charge is -2.45. The van der Waals surface area contributed by atoms with Crippen LogP contribution < -0.4 is 20.9 Å². The molecular weight excluding hydrogens is 697 g/mol. The minimum atomic E-state index is -0.0702. The molecule has 4 aromatic carbocycles. The van der Waals surface area contributed by atoms with Crippen molar-refractivity contribution in [1.82, 2.24) is 0 Å². The van der Waals surface area contributed by atoms with Gasteiger partial charge in [0.05, 0.1) is 0 Å². The number of aryl methyl sites for hydroxylation is 4. The van der Waals surface area contributed by atoms with Gasteiger partial charge in [-0.05, 0) is 142 Å². The Bertz CT molecular complexity index is 1710. The third-order valence-electron chi connectivity index (χ3n) is 13.8. The normalized spacial score (nSPS) is 18.4. The molecule has 2 saturated carbocycles. The van der Waals surface area contributed by atoms with Gasteiger partial charge in [-0.2, -0.15) is 0 Å². The van der Waals surface area contributed by atoms with Gasteiger partial charge in [0.15, 0.2) is 0 Å². The molecule has 0 aromatic heterocycles. The minimum absolute atomic E-state index is 0.0702. The molecule has 4 nitrogen and oxygen atoms in total. The lowest BCUT2D eigenvalue weighted by molar-refractivity contribution is 0.140. The summed E-state index contributed by atoms with van der Waals surface area (Å²) < 4.78 is 13.0. The quantitative estimate of drug-likeness (QED) is 0.0736. The van der Waals surface area contributed by atoms with Crippen LogP contribution in [0.2, 0.25) is 0 Å². The molecule has 308 valence electrons. The van der Waals surface area contributed by atoms with E-state index in [2.05, 4.69) is 58.9 Å². The Morgan fingerprint density at radius 3 is 1.33 bits per heavy atom. The second-order valence-electron chi connectivity index (χ2n) is 18.3. The molecule has 0 aliphatic heterocycles. The van der Waals surface area contributed by atoms with Gasteiger partial charge in [-0.15, -0.1) is 0 Å². The van der Waals surface area contributed by atoms with Gasteiger partial charge in [0.1, 0.15) is 23.0 Å². The molecule has 0 bridgehead atoms. The zero-order chi connectivity index (χ0) is 40.2. The van der Waals surface area contributed by atoms with Crippen molar-refractivity contribution in [3.8, 4) is 23.0 Å². The third-order valence-corrected chi connectivity index (χ3v) is 13.8. The topological polar surface area (TPSA) is 70.5 Å². The molecule has 57 heavy (non-hydrogen) atoms. The van der Waals surface area contributed by atoms with Gasteiger partial charge in [-0.1, -0.05) is 133 Å². The summed E-state index contributed by atoms with van der Waals surface area (Å²) in [6.45, 7) is 11.1. The molecule has 6 rings (SSSR count). The highest BCUT2D eigenvalue weighted by Crippen LogP contribution is 2.52. The molecule has 4 N–H and O–H groups in total. The van der Waals surface area contributed by atoms with Crippen molar-refractivity contribution in [2.24, 2.45) is 17.8 Å². The average Bonchev–Trinajstić information content (AvgIpc) is 3.20. The van der Waals surface area contributed by atoms with Crippen LogP contribution in [0.1, 0.15) is 169 Å². The van der Waals surface area contributed by atoms with E-state index in [9.17, 15) is 0 Å². The molecule has 0 spiro atoms. The highest BCUT2D eigenvalue weighted by atomic mass is 16.5. The van der Waals surface area contributed by atoms with E-state index in [1.807, 2.05) is 48.5 Å². The predicted molar refractivity (Wildman–Crippen MR) is 243 cm³/mol. The summed E-state index contributed by atoms with van der Waals surface area (Å²) in [6, 6.07) is 25.1. The number of anilines is 2. The van der Waals surface area contributed by atoms with Crippen molar-refractivity contribution in [3.63, 3.8) is 0 Å². The van der Waals surface area contributed by atoms with Crippen LogP contribution in [0.25, 0.3) is 0 Å². The first-order valence-corrected chi connectivity index (χ1v) is 23.0. The van der Waals surface area contributed by atoms with Gasteiger partial charge in [0.2, 0.25) is 0 Å². The molecular formula is C53H74N2O2. The Labute approximate surface area is 346 Å². The van der Waals surface area contributed by atoms with Crippen LogP contribution in [-0.4, -0.2) is 0 Å². The molecule has 4 heteroatoms. The number of benzene rings is 4. The summed E-state index contributed by atoms with van der Waals surface area (Å²) in [5, 5.41) is 0. The van der Waals surface area contributed by atoms with E-state index >= 15 is 0 Å². The second-order valence-corrected chi connectivity index (χ2v) is 18.3. The maximum absolute atomic E-state index is 6.48. The summed E-state index contributed by atoms with van der Waals surface area (Å²) in [5.41, 5.74) is 21.1. The number of nitrogen functional groups attached to an aromatic ring is 2. The van der Waals surface area contributed by atoms with Gasteiger partial charge < -0.3 is 20.9 Å². The molecule has 2 aliphatic carbocycles. The van der Waals surface area contributed by atoms with Crippen LogP contribution in [-0.2, 0) is 5.41 Å². The molecule has 0 atom stereocenters. The SMILES string of the molecule is CCCCCCCCCCCCCC1CCC(C2CCC(c3cc(C)c(Oc4cccc(N)c4)c(C)c3)(c3cc(C)c(Oc4cccc(N)c4)c(C)c3)CC2)CC1. The molecule has 2 fully saturated rings. The average molecular weight is 771 g/mol. The van der Waals surface area contributed by atoms with E-state index in [1.54, 1.807) is 0 Å². The van der Waals surface area contributed by atoms with E-state index in [0.717, 1.165) is 40.8 Å². The number of hydrogen-bond acceptors (Lipinski definition) is 4. The number of hydrogen-bond donors (Lipinski definition) is 2. The largest absolute Gasteiger partial charge is 0.457 e. The van der Waals surface area contributed by atoms with Crippen molar-refractivity contribution in [2.45, 2.75) is 168 Å². The summed E-state index contributed by atoms with van der Waals surface area (Å²) in [4.78, 5) is 0. The van der Waals surface area contributed by atoms with Crippen LogP contribution in [0, 0.1) is 45.4 Å².